The van der Waals surface area contributed by atoms with E-state index in [1.165, 1.54) is 44.8 Å². The zero-order chi connectivity index (χ0) is 22.5. The van der Waals surface area contributed by atoms with E-state index in [1.807, 2.05) is 6.20 Å². The first-order chi connectivity index (χ1) is 16.3. The number of fused-ring (bicyclic) bond motifs is 2. The lowest BCUT2D eigenvalue weighted by atomic mass is 9.81. The van der Waals surface area contributed by atoms with Crippen LogP contribution in [0.5, 0.6) is 0 Å². The van der Waals surface area contributed by atoms with Gasteiger partial charge in [-0.2, -0.15) is 0 Å². The van der Waals surface area contributed by atoms with Crippen molar-refractivity contribution in [2.75, 3.05) is 5.32 Å². The van der Waals surface area contributed by atoms with Gasteiger partial charge in [0.25, 0.3) is 0 Å². The fraction of sp³-hybridized carbons (Fsp3) is 0.290. The first-order valence-corrected chi connectivity index (χ1v) is 12.4. The minimum Gasteiger partial charge on any atom is -0.380 e. The van der Waals surface area contributed by atoms with Crippen molar-refractivity contribution in [2.24, 2.45) is 0 Å². The molecule has 5 rings (SSSR count). The standard InChI is InChI=1S/C31H34N2/c1-2-24-11-7-15-29-26(18-19-28-14-8-20-32-28)21-27-13-6-12-25(31(27)33-22-30(24)29)17-16-23-9-4-3-5-10-23/h3-15,20,26,32-33H,2,16-19,21-22H2,1H3/t26-/m1/s1. The predicted molar refractivity (Wildman–Crippen MR) is 139 cm³/mol. The van der Waals surface area contributed by atoms with Gasteiger partial charge in [0.05, 0.1) is 0 Å². The van der Waals surface area contributed by atoms with E-state index in [9.17, 15) is 0 Å². The van der Waals surface area contributed by atoms with Crippen molar-refractivity contribution in [1.82, 2.24) is 4.98 Å². The molecule has 0 aliphatic carbocycles. The molecule has 0 saturated heterocycles. The van der Waals surface area contributed by atoms with Gasteiger partial charge in [0.15, 0.2) is 0 Å². The van der Waals surface area contributed by atoms with Crippen LogP contribution in [0.4, 0.5) is 5.69 Å². The molecule has 2 nitrogen and oxygen atoms in total. The van der Waals surface area contributed by atoms with E-state index in [2.05, 4.69) is 96.1 Å². The maximum Gasteiger partial charge on any atom is 0.0408 e. The second kappa shape index (κ2) is 10.1. The van der Waals surface area contributed by atoms with Gasteiger partial charge in [-0.3, -0.25) is 0 Å². The van der Waals surface area contributed by atoms with Crippen molar-refractivity contribution in [3.8, 4) is 0 Å². The number of para-hydroxylation sites is 1. The van der Waals surface area contributed by atoms with Crippen molar-refractivity contribution >= 4 is 5.69 Å². The fourth-order valence-electron chi connectivity index (χ4n) is 5.43. The Morgan fingerprint density at radius 2 is 1.64 bits per heavy atom. The number of anilines is 1. The maximum absolute atomic E-state index is 3.88. The smallest absolute Gasteiger partial charge is 0.0408 e. The molecule has 1 atom stereocenters. The number of aromatic nitrogens is 1. The number of aromatic amines is 1. The van der Waals surface area contributed by atoms with Gasteiger partial charge in [0, 0.05) is 24.1 Å². The maximum atomic E-state index is 3.88. The van der Waals surface area contributed by atoms with Gasteiger partial charge in [-0.15, -0.1) is 0 Å². The molecule has 1 aromatic heterocycles. The highest BCUT2D eigenvalue weighted by Crippen LogP contribution is 2.37. The predicted octanol–water partition coefficient (Wildman–Crippen LogP) is 7.25. The summed E-state index contributed by atoms with van der Waals surface area (Å²) in [5, 5.41) is 3.88. The highest BCUT2D eigenvalue weighted by molar-refractivity contribution is 5.60. The van der Waals surface area contributed by atoms with E-state index < -0.39 is 0 Å². The molecule has 0 bridgehead atoms. The Bertz CT molecular complexity index is 1180. The summed E-state index contributed by atoms with van der Waals surface area (Å²) in [5.74, 6) is 0.528. The fourth-order valence-corrected chi connectivity index (χ4v) is 5.43. The van der Waals surface area contributed by atoms with E-state index in [4.69, 9.17) is 0 Å². The van der Waals surface area contributed by atoms with Crippen molar-refractivity contribution < 1.29 is 0 Å². The minimum atomic E-state index is 0.528. The van der Waals surface area contributed by atoms with Crippen LogP contribution in [-0.2, 0) is 38.6 Å². The van der Waals surface area contributed by atoms with E-state index in [0.717, 1.165) is 45.1 Å². The Balaban J connectivity index is 1.46. The molecule has 0 spiro atoms. The van der Waals surface area contributed by atoms with Crippen molar-refractivity contribution in [2.45, 2.75) is 57.9 Å². The molecule has 2 heterocycles. The van der Waals surface area contributed by atoms with Crippen LogP contribution < -0.4 is 5.32 Å². The third-order valence-corrected chi connectivity index (χ3v) is 7.23. The van der Waals surface area contributed by atoms with Crippen LogP contribution in [0.3, 0.4) is 0 Å². The third kappa shape index (κ3) is 4.90. The van der Waals surface area contributed by atoms with Crippen molar-refractivity contribution in [3.63, 3.8) is 0 Å². The molecule has 4 aromatic rings. The summed E-state index contributed by atoms with van der Waals surface area (Å²) in [6.07, 6.45) is 8.59. The molecule has 0 saturated carbocycles. The molecule has 1 aliphatic heterocycles. The highest BCUT2D eigenvalue weighted by Gasteiger charge is 2.23. The molecule has 0 unspecified atom stereocenters. The first-order valence-electron chi connectivity index (χ1n) is 12.4. The normalized spacial score (nSPS) is 15.1. The van der Waals surface area contributed by atoms with Crippen LogP contribution in [0.2, 0.25) is 0 Å². The molecule has 3 aromatic carbocycles. The van der Waals surface area contributed by atoms with Crippen LogP contribution in [0, 0.1) is 0 Å². The van der Waals surface area contributed by atoms with Crippen molar-refractivity contribution in [1.29, 1.82) is 0 Å². The zero-order valence-electron chi connectivity index (χ0n) is 19.6. The van der Waals surface area contributed by atoms with E-state index in [0.29, 0.717) is 5.92 Å². The second-order valence-electron chi connectivity index (χ2n) is 9.26. The number of nitrogens with one attached hydrogen (secondary N) is 2. The lowest BCUT2D eigenvalue weighted by molar-refractivity contribution is 0.607. The zero-order valence-corrected chi connectivity index (χ0v) is 19.6. The molecule has 168 valence electrons. The topological polar surface area (TPSA) is 27.8 Å². The molecule has 1 aliphatic rings. The van der Waals surface area contributed by atoms with Gasteiger partial charge in [-0.05, 0) is 90.0 Å². The van der Waals surface area contributed by atoms with E-state index >= 15 is 0 Å². The average molecular weight is 435 g/mol. The summed E-state index contributed by atoms with van der Waals surface area (Å²) in [4.78, 5) is 3.40. The second-order valence-corrected chi connectivity index (χ2v) is 9.26. The van der Waals surface area contributed by atoms with Gasteiger partial charge in [0.2, 0.25) is 0 Å². The summed E-state index contributed by atoms with van der Waals surface area (Å²) in [6, 6.07) is 29.0. The molecular weight excluding hydrogens is 400 g/mol. The summed E-state index contributed by atoms with van der Waals surface area (Å²) in [5.41, 5.74) is 11.5. The molecule has 0 amide bonds. The Morgan fingerprint density at radius 1 is 0.788 bits per heavy atom. The number of benzene rings is 3. The largest absolute Gasteiger partial charge is 0.380 e. The molecule has 0 radical (unpaired) electrons. The summed E-state index contributed by atoms with van der Waals surface area (Å²) >= 11 is 0. The lowest BCUT2D eigenvalue weighted by Crippen LogP contribution is -2.18. The highest BCUT2D eigenvalue weighted by atomic mass is 14.9. The Hall–Kier alpha value is -3.26. The average Bonchev–Trinajstić information content (AvgIpc) is 3.37. The molecular formula is C31H34N2. The summed E-state index contributed by atoms with van der Waals surface area (Å²) in [6.45, 7) is 3.19. The number of H-pyrrole nitrogens is 1. The van der Waals surface area contributed by atoms with Gasteiger partial charge >= 0.3 is 0 Å². The number of hydrogen-bond acceptors (Lipinski definition) is 1. The lowest BCUT2D eigenvalue weighted by Gasteiger charge is -2.29. The third-order valence-electron chi connectivity index (χ3n) is 7.23. The Morgan fingerprint density at radius 3 is 2.45 bits per heavy atom. The van der Waals surface area contributed by atoms with Gasteiger partial charge in [-0.25, -0.2) is 0 Å². The van der Waals surface area contributed by atoms with Crippen LogP contribution in [-0.4, -0.2) is 4.98 Å². The van der Waals surface area contributed by atoms with Gasteiger partial charge < -0.3 is 10.3 Å². The van der Waals surface area contributed by atoms with Gasteiger partial charge in [-0.1, -0.05) is 73.7 Å². The molecule has 0 fully saturated rings. The number of rotatable bonds is 7. The first kappa shape index (κ1) is 21.6. The van der Waals surface area contributed by atoms with E-state index in [1.54, 1.807) is 0 Å². The van der Waals surface area contributed by atoms with Crippen LogP contribution >= 0.6 is 0 Å². The number of hydrogen-bond donors (Lipinski definition) is 2. The monoisotopic (exact) mass is 434 g/mol. The number of aryl methyl sites for hydroxylation is 4. The quantitative estimate of drug-likeness (QED) is 0.315. The Kier molecular flexibility index (Phi) is 6.62. The van der Waals surface area contributed by atoms with E-state index in [-0.39, 0.29) is 0 Å². The van der Waals surface area contributed by atoms with Crippen LogP contribution in [0.15, 0.2) is 85.1 Å². The molecule has 33 heavy (non-hydrogen) atoms. The van der Waals surface area contributed by atoms with Crippen molar-refractivity contribution in [3.05, 3.63) is 124 Å². The summed E-state index contributed by atoms with van der Waals surface area (Å²) < 4.78 is 0. The SMILES string of the molecule is CCc1cccc2c1CNc1c(CCc3ccccc3)cccc1C[C@H]2CCc1ccc[nH]1. The summed E-state index contributed by atoms with van der Waals surface area (Å²) in [7, 11) is 0. The van der Waals surface area contributed by atoms with Crippen LogP contribution in [0.25, 0.3) is 0 Å². The minimum absolute atomic E-state index is 0.528. The molecule has 2 heteroatoms. The Labute approximate surface area is 198 Å². The molecule has 2 N–H and O–H groups in total. The van der Waals surface area contributed by atoms with Crippen LogP contribution in [0.1, 0.15) is 58.3 Å². The van der Waals surface area contributed by atoms with Gasteiger partial charge in [0.1, 0.15) is 0 Å².